The van der Waals surface area contributed by atoms with Crippen molar-refractivity contribution >= 4 is 28.6 Å². The molecule has 1 spiro atoms. The van der Waals surface area contributed by atoms with Gasteiger partial charge in [-0.05, 0) is 29.3 Å². The summed E-state index contributed by atoms with van der Waals surface area (Å²) in [7, 11) is 0. The first-order chi connectivity index (χ1) is 12.2. The molecule has 0 aromatic carbocycles. The van der Waals surface area contributed by atoms with E-state index < -0.39 is 0 Å². The Bertz CT molecular complexity index is 901. The highest BCUT2D eigenvalue weighted by Gasteiger charge is 2.44. The van der Waals surface area contributed by atoms with Crippen molar-refractivity contribution in [1.29, 1.82) is 0 Å². The highest BCUT2D eigenvalue weighted by atomic mass is 32.1. The molecule has 25 heavy (non-hydrogen) atoms. The molecule has 3 aromatic rings. The summed E-state index contributed by atoms with van der Waals surface area (Å²) in [4.78, 5) is 19.1. The smallest absolute Gasteiger partial charge is 0.254 e. The zero-order valence-corrected chi connectivity index (χ0v) is 15.2. The van der Waals surface area contributed by atoms with Crippen molar-refractivity contribution in [3.63, 3.8) is 0 Å². The van der Waals surface area contributed by atoms with E-state index in [9.17, 15) is 4.79 Å². The van der Waals surface area contributed by atoms with Gasteiger partial charge in [0.05, 0.1) is 30.5 Å². The third-order valence-electron chi connectivity index (χ3n) is 5.08. The third-order valence-corrected chi connectivity index (χ3v) is 6.45. The monoisotopic (exact) mass is 371 g/mol. The summed E-state index contributed by atoms with van der Waals surface area (Å²) in [5, 5.41) is 8.09. The van der Waals surface area contributed by atoms with Gasteiger partial charge < -0.3 is 14.2 Å². The van der Waals surface area contributed by atoms with E-state index in [2.05, 4.69) is 26.4 Å². The van der Waals surface area contributed by atoms with Crippen LogP contribution in [0.4, 0.5) is 0 Å². The average molecular weight is 371 g/mol. The van der Waals surface area contributed by atoms with Gasteiger partial charge in [0, 0.05) is 22.9 Å². The minimum absolute atomic E-state index is 0.108. The van der Waals surface area contributed by atoms with Crippen LogP contribution < -0.4 is 0 Å². The summed E-state index contributed by atoms with van der Waals surface area (Å²) in [6, 6.07) is 4.01. The fraction of sp³-hybridized carbons (Fsp3) is 0.333. The van der Waals surface area contributed by atoms with Crippen molar-refractivity contribution in [1.82, 2.24) is 14.5 Å². The van der Waals surface area contributed by atoms with Crippen LogP contribution >= 0.6 is 22.7 Å². The zero-order chi connectivity index (χ0) is 16.9. The van der Waals surface area contributed by atoms with Gasteiger partial charge in [0.25, 0.3) is 5.91 Å². The summed E-state index contributed by atoms with van der Waals surface area (Å²) in [5.41, 5.74) is 2.82. The summed E-state index contributed by atoms with van der Waals surface area (Å²) in [6.45, 7) is 2.64. The second-order valence-electron chi connectivity index (χ2n) is 6.62. The number of carbonyl (C=O) groups excluding carboxylic acids is 1. The highest BCUT2D eigenvalue weighted by Crippen LogP contribution is 2.36. The van der Waals surface area contributed by atoms with Gasteiger partial charge in [0.1, 0.15) is 18.0 Å². The molecule has 0 radical (unpaired) electrons. The van der Waals surface area contributed by atoms with E-state index >= 15 is 0 Å². The minimum atomic E-state index is -0.301. The summed E-state index contributed by atoms with van der Waals surface area (Å²) in [5.74, 6) is 1.07. The quantitative estimate of drug-likeness (QED) is 0.693. The van der Waals surface area contributed by atoms with E-state index in [0.717, 1.165) is 36.6 Å². The molecular weight excluding hydrogens is 354 g/mol. The number of amides is 1. The first kappa shape index (κ1) is 15.3. The number of fused-ring (bicyclic) bond motifs is 1. The van der Waals surface area contributed by atoms with Crippen LogP contribution in [0, 0.1) is 0 Å². The maximum absolute atomic E-state index is 12.6. The Labute approximate surface area is 153 Å². The Balaban J connectivity index is 1.40. The molecule has 0 bridgehead atoms. The van der Waals surface area contributed by atoms with Crippen molar-refractivity contribution in [2.75, 3.05) is 13.1 Å². The molecule has 1 saturated heterocycles. The lowest BCUT2D eigenvalue weighted by Gasteiger charge is -2.35. The number of hydrogen-bond donors (Lipinski definition) is 0. The van der Waals surface area contributed by atoms with Gasteiger partial charge in [-0.2, -0.15) is 22.7 Å². The second-order valence-corrected chi connectivity index (χ2v) is 8.18. The van der Waals surface area contributed by atoms with Gasteiger partial charge in [0.15, 0.2) is 0 Å². The number of nitrogens with zero attached hydrogens (tertiary/aromatic N) is 3. The Morgan fingerprint density at radius 3 is 2.88 bits per heavy atom. The first-order valence-electron chi connectivity index (χ1n) is 8.27. The number of ether oxygens (including phenoxy) is 1. The van der Waals surface area contributed by atoms with Gasteiger partial charge in [0.2, 0.25) is 0 Å². The number of hydrogen-bond acceptors (Lipinski definition) is 5. The molecule has 0 aliphatic carbocycles. The normalized spacial score (nSPS) is 22.5. The Morgan fingerprint density at radius 2 is 2.08 bits per heavy atom. The zero-order valence-electron chi connectivity index (χ0n) is 13.6. The molecule has 2 aliphatic rings. The van der Waals surface area contributed by atoms with Crippen LogP contribution in [0.15, 0.2) is 39.8 Å². The summed E-state index contributed by atoms with van der Waals surface area (Å²) in [6.07, 6.45) is 2.80. The van der Waals surface area contributed by atoms with Gasteiger partial charge in [-0.1, -0.05) is 0 Å². The first-order valence-corrected chi connectivity index (χ1v) is 10.2. The van der Waals surface area contributed by atoms with Crippen LogP contribution in [0.1, 0.15) is 22.6 Å². The largest absolute Gasteiger partial charge is 0.363 e. The fourth-order valence-electron chi connectivity index (χ4n) is 3.73. The fourth-order valence-corrected chi connectivity index (χ4v) is 5.01. The van der Waals surface area contributed by atoms with Crippen LogP contribution in [-0.2, 0) is 17.9 Å². The van der Waals surface area contributed by atoms with Gasteiger partial charge in [-0.25, -0.2) is 4.98 Å². The maximum atomic E-state index is 12.6. The summed E-state index contributed by atoms with van der Waals surface area (Å²) < 4.78 is 8.48. The van der Waals surface area contributed by atoms with E-state index in [0.29, 0.717) is 13.2 Å². The van der Waals surface area contributed by atoms with E-state index in [1.54, 1.807) is 22.7 Å². The van der Waals surface area contributed by atoms with Crippen molar-refractivity contribution in [2.45, 2.75) is 25.2 Å². The molecule has 1 fully saturated rings. The molecule has 3 aromatic heterocycles. The van der Waals surface area contributed by atoms with Gasteiger partial charge >= 0.3 is 0 Å². The molecule has 5 heterocycles. The van der Waals surface area contributed by atoms with Crippen LogP contribution in [0.5, 0.6) is 0 Å². The molecule has 0 N–H and O–H groups in total. The maximum Gasteiger partial charge on any atom is 0.254 e. The number of rotatable bonds is 2. The molecule has 1 amide bonds. The van der Waals surface area contributed by atoms with Gasteiger partial charge in [-0.3, -0.25) is 4.79 Å². The van der Waals surface area contributed by atoms with E-state index in [4.69, 9.17) is 4.74 Å². The molecule has 5 nitrogen and oxygen atoms in total. The minimum Gasteiger partial charge on any atom is -0.363 e. The Kier molecular flexibility index (Phi) is 3.55. The lowest BCUT2D eigenvalue weighted by molar-refractivity contribution is -0.0804. The predicted molar refractivity (Wildman–Crippen MR) is 97.9 cm³/mol. The second kappa shape index (κ2) is 5.79. The van der Waals surface area contributed by atoms with E-state index in [1.807, 2.05) is 27.9 Å². The lowest BCUT2D eigenvalue weighted by atomic mass is 10.0. The predicted octanol–water partition coefficient (Wildman–Crippen LogP) is 3.49. The molecule has 2 aliphatic heterocycles. The number of aromatic nitrogens is 2. The molecule has 0 saturated carbocycles. The molecule has 5 rings (SSSR count). The van der Waals surface area contributed by atoms with Crippen molar-refractivity contribution in [3.8, 4) is 11.3 Å². The average Bonchev–Trinajstić information content (AvgIpc) is 3.41. The molecule has 0 unspecified atom stereocenters. The number of imidazole rings is 1. The molecule has 7 heteroatoms. The SMILES string of the molecule is O=C(c1ccsc1)N1CC[C@]2(C1)Cn1c(-c3ccsc3)cnc1CO2. The topological polar surface area (TPSA) is 47.4 Å². The van der Waals surface area contributed by atoms with Crippen molar-refractivity contribution in [2.24, 2.45) is 0 Å². The molecule has 1 atom stereocenters. The molecule has 128 valence electrons. The lowest BCUT2D eigenvalue weighted by Crippen LogP contribution is -2.45. The van der Waals surface area contributed by atoms with Crippen LogP contribution in [-0.4, -0.2) is 39.0 Å². The van der Waals surface area contributed by atoms with Crippen molar-refractivity contribution < 1.29 is 9.53 Å². The number of thiophene rings is 2. The third kappa shape index (κ3) is 2.54. The highest BCUT2D eigenvalue weighted by molar-refractivity contribution is 7.08. The standard InChI is InChI=1S/C18H17N3O2S2/c22-17(14-2-6-25-10-14)20-4-3-18(11-20)12-21-15(13-1-5-24-9-13)7-19-16(21)8-23-18/h1-2,5-7,9-10H,3-4,8,11-12H2/t18-/m0/s1. The number of likely N-dealkylation sites (tertiary alicyclic amines) is 1. The Hall–Kier alpha value is -1.96. The van der Waals surface area contributed by atoms with E-state index in [1.165, 1.54) is 5.56 Å². The molecular formula is C18H17N3O2S2. The van der Waals surface area contributed by atoms with Crippen LogP contribution in [0.2, 0.25) is 0 Å². The van der Waals surface area contributed by atoms with Crippen LogP contribution in [0.3, 0.4) is 0 Å². The number of carbonyl (C=O) groups is 1. The van der Waals surface area contributed by atoms with Crippen molar-refractivity contribution in [3.05, 3.63) is 51.2 Å². The van der Waals surface area contributed by atoms with Gasteiger partial charge in [-0.15, -0.1) is 0 Å². The Morgan fingerprint density at radius 1 is 1.20 bits per heavy atom. The van der Waals surface area contributed by atoms with E-state index in [-0.39, 0.29) is 11.5 Å². The summed E-state index contributed by atoms with van der Waals surface area (Å²) >= 11 is 3.25. The van der Waals surface area contributed by atoms with Crippen LogP contribution in [0.25, 0.3) is 11.3 Å².